The Bertz CT molecular complexity index is 437. The van der Waals surface area contributed by atoms with Crippen LogP contribution in [0, 0.1) is 13.8 Å². The van der Waals surface area contributed by atoms with Crippen LogP contribution in [0.5, 0.6) is 5.75 Å². The molecule has 3 heteroatoms. The Labute approximate surface area is 101 Å². The summed E-state index contributed by atoms with van der Waals surface area (Å²) in [6, 6.07) is 4.09. The minimum Gasteiger partial charge on any atom is -0.493 e. The van der Waals surface area contributed by atoms with Crippen molar-refractivity contribution >= 4 is 5.97 Å². The zero-order valence-electron chi connectivity index (χ0n) is 10.3. The van der Waals surface area contributed by atoms with Gasteiger partial charge in [0.05, 0.1) is 13.0 Å². The fourth-order valence-electron chi connectivity index (χ4n) is 2.57. The van der Waals surface area contributed by atoms with Crippen LogP contribution in [0.1, 0.15) is 41.9 Å². The van der Waals surface area contributed by atoms with Gasteiger partial charge in [-0.15, -0.1) is 0 Å². The van der Waals surface area contributed by atoms with Gasteiger partial charge < -0.3 is 9.84 Å². The molecule has 0 bridgehead atoms. The Balaban J connectivity index is 2.47. The van der Waals surface area contributed by atoms with Crippen molar-refractivity contribution in [1.82, 2.24) is 0 Å². The summed E-state index contributed by atoms with van der Waals surface area (Å²) in [6.45, 7) is 4.73. The fourth-order valence-corrected chi connectivity index (χ4v) is 2.57. The van der Waals surface area contributed by atoms with Gasteiger partial charge in [-0.05, 0) is 43.7 Å². The molecule has 3 nitrogen and oxygen atoms in total. The van der Waals surface area contributed by atoms with E-state index < -0.39 is 5.97 Å². The highest BCUT2D eigenvalue weighted by molar-refractivity contribution is 5.68. The van der Waals surface area contributed by atoms with E-state index >= 15 is 0 Å². The van der Waals surface area contributed by atoms with Gasteiger partial charge in [0.25, 0.3) is 0 Å². The van der Waals surface area contributed by atoms with Gasteiger partial charge in [0.1, 0.15) is 5.75 Å². The second-order valence-electron chi connectivity index (χ2n) is 4.73. The third-order valence-corrected chi connectivity index (χ3v) is 3.38. The SMILES string of the molecule is Cc1ccc(C)c2c1OCCCC2CC(=O)O. The Kier molecular flexibility index (Phi) is 3.36. The molecule has 0 spiro atoms. The van der Waals surface area contributed by atoms with Crippen molar-refractivity contribution in [3.05, 3.63) is 28.8 Å². The molecule has 1 aliphatic heterocycles. The number of hydrogen-bond donors (Lipinski definition) is 1. The third kappa shape index (κ3) is 2.43. The smallest absolute Gasteiger partial charge is 0.303 e. The first kappa shape index (κ1) is 12.0. The first-order chi connectivity index (χ1) is 8.09. The molecule has 1 unspecified atom stereocenters. The van der Waals surface area contributed by atoms with E-state index in [1.807, 2.05) is 19.9 Å². The van der Waals surface area contributed by atoms with Crippen molar-refractivity contribution in [2.24, 2.45) is 0 Å². The van der Waals surface area contributed by atoms with Crippen molar-refractivity contribution < 1.29 is 14.6 Å². The lowest BCUT2D eigenvalue weighted by Gasteiger charge is -2.18. The van der Waals surface area contributed by atoms with E-state index in [4.69, 9.17) is 9.84 Å². The van der Waals surface area contributed by atoms with Crippen LogP contribution in [0.15, 0.2) is 12.1 Å². The van der Waals surface area contributed by atoms with Crippen LogP contribution in [-0.2, 0) is 4.79 Å². The largest absolute Gasteiger partial charge is 0.493 e. The van der Waals surface area contributed by atoms with Crippen molar-refractivity contribution in [3.8, 4) is 5.75 Å². The molecule has 0 saturated carbocycles. The summed E-state index contributed by atoms with van der Waals surface area (Å²) in [6.07, 6.45) is 2.01. The van der Waals surface area contributed by atoms with E-state index in [2.05, 4.69) is 6.07 Å². The zero-order chi connectivity index (χ0) is 12.4. The molecule has 0 amide bonds. The Morgan fingerprint density at radius 1 is 1.41 bits per heavy atom. The highest BCUT2D eigenvalue weighted by atomic mass is 16.5. The van der Waals surface area contributed by atoms with Gasteiger partial charge in [0.2, 0.25) is 0 Å². The molecule has 0 radical (unpaired) electrons. The zero-order valence-corrected chi connectivity index (χ0v) is 10.3. The highest BCUT2D eigenvalue weighted by Gasteiger charge is 2.24. The fraction of sp³-hybridized carbons (Fsp3) is 0.500. The highest BCUT2D eigenvalue weighted by Crippen LogP contribution is 2.39. The van der Waals surface area contributed by atoms with E-state index in [0.717, 1.165) is 35.3 Å². The molecule has 1 heterocycles. The molecule has 92 valence electrons. The Morgan fingerprint density at radius 3 is 2.82 bits per heavy atom. The second-order valence-corrected chi connectivity index (χ2v) is 4.73. The summed E-state index contributed by atoms with van der Waals surface area (Å²) < 4.78 is 5.78. The number of ether oxygens (including phenoxy) is 1. The van der Waals surface area contributed by atoms with Crippen molar-refractivity contribution in [2.75, 3.05) is 6.61 Å². The number of rotatable bonds is 2. The number of carboxylic acids is 1. The normalized spacial score (nSPS) is 19.1. The van der Waals surface area contributed by atoms with E-state index in [1.54, 1.807) is 0 Å². The number of benzene rings is 1. The predicted octanol–water partition coefficient (Wildman–Crippen LogP) is 3.03. The molecule has 1 aromatic rings. The minimum absolute atomic E-state index is 0.0879. The number of carboxylic acid groups (broad SMARTS) is 1. The van der Waals surface area contributed by atoms with Crippen molar-refractivity contribution in [3.63, 3.8) is 0 Å². The number of hydrogen-bond acceptors (Lipinski definition) is 2. The summed E-state index contributed by atoms with van der Waals surface area (Å²) in [5, 5.41) is 9.00. The van der Waals surface area contributed by atoms with Crippen LogP contribution in [0.3, 0.4) is 0 Å². The summed E-state index contributed by atoms with van der Waals surface area (Å²) in [5.74, 6) is 0.266. The van der Waals surface area contributed by atoms with Gasteiger partial charge in [-0.3, -0.25) is 4.79 Å². The van der Waals surface area contributed by atoms with Gasteiger partial charge in [-0.25, -0.2) is 0 Å². The summed E-state index contributed by atoms with van der Waals surface area (Å²) in [5.41, 5.74) is 3.34. The molecular weight excluding hydrogens is 216 g/mol. The maximum atomic E-state index is 10.9. The van der Waals surface area contributed by atoms with Crippen LogP contribution in [0.4, 0.5) is 0 Å². The molecule has 17 heavy (non-hydrogen) atoms. The van der Waals surface area contributed by atoms with Gasteiger partial charge >= 0.3 is 5.97 Å². The molecule has 1 aromatic carbocycles. The average Bonchev–Trinajstić information content (AvgIpc) is 2.46. The summed E-state index contributed by atoms with van der Waals surface area (Å²) in [4.78, 5) is 10.9. The number of carbonyl (C=O) groups is 1. The van der Waals surface area contributed by atoms with Crippen LogP contribution >= 0.6 is 0 Å². The first-order valence-electron chi connectivity index (χ1n) is 6.04. The quantitative estimate of drug-likeness (QED) is 0.855. The van der Waals surface area contributed by atoms with E-state index in [0.29, 0.717) is 6.61 Å². The van der Waals surface area contributed by atoms with Gasteiger partial charge in [-0.2, -0.15) is 0 Å². The molecule has 0 aliphatic carbocycles. The first-order valence-corrected chi connectivity index (χ1v) is 6.04. The van der Waals surface area contributed by atoms with Gasteiger partial charge in [0, 0.05) is 5.56 Å². The van der Waals surface area contributed by atoms with Crippen molar-refractivity contribution in [1.29, 1.82) is 0 Å². The molecule has 1 aliphatic rings. The number of aryl methyl sites for hydroxylation is 2. The lowest BCUT2D eigenvalue weighted by atomic mass is 9.87. The topological polar surface area (TPSA) is 46.5 Å². The summed E-state index contributed by atoms with van der Waals surface area (Å²) in [7, 11) is 0. The molecule has 0 saturated heterocycles. The Hall–Kier alpha value is -1.51. The van der Waals surface area contributed by atoms with Crippen LogP contribution in [0.25, 0.3) is 0 Å². The molecule has 1 N–H and O–H groups in total. The maximum absolute atomic E-state index is 10.9. The standard InChI is InChI=1S/C14H18O3/c1-9-5-6-10(2)14-13(9)11(8-12(15)16)4-3-7-17-14/h5-6,11H,3-4,7-8H2,1-2H3,(H,15,16). The van der Waals surface area contributed by atoms with E-state index in [1.165, 1.54) is 0 Å². The van der Waals surface area contributed by atoms with Crippen LogP contribution in [-0.4, -0.2) is 17.7 Å². The third-order valence-electron chi connectivity index (χ3n) is 3.38. The van der Waals surface area contributed by atoms with Crippen LogP contribution in [0.2, 0.25) is 0 Å². The second kappa shape index (κ2) is 4.78. The lowest BCUT2D eigenvalue weighted by molar-refractivity contribution is -0.137. The van der Waals surface area contributed by atoms with E-state index in [9.17, 15) is 4.79 Å². The predicted molar refractivity (Wildman–Crippen MR) is 65.6 cm³/mol. The monoisotopic (exact) mass is 234 g/mol. The average molecular weight is 234 g/mol. The molecular formula is C14H18O3. The van der Waals surface area contributed by atoms with Gasteiger partial charge in [-0.1, -0.05) is 12.1 Å². The van der Waals surface area contributed by atoms with Crippen LogP contribution < -0.4 is 4.74 Å². The molecule has 2 rings (SSSR count). The number of aliphatic carboxylic acids is 1. The minimum atomic E-state index is -0.733. The van der Waals surface area contributed by atoms with E-state index in [-0.39, 0.29) is 12.3 Å². The Morgan fingerprint density at radius 2 is 2.12 bits per heavy atom. The number of fused-ring (bicyclic) bond motifs is 1. The molecule has 0 aromatic heterocycles. The molecule has 0 fully saturated rings. The lowest BCUT2D eigenvalue weighted by Crippen LogP contribution is -2.08. The maximum Gasteiger partial charge on any atom is 0.303 e. The molecule has 1 atom stereocenters. The van der Waals surface area contributed by atoms with Gasteiger partial charge in [0.15, 0.2) is 0 Å². The van der Waals surface area contributed by atoms with Crippen molar-refractivity contribution in [2.45, 2.75) is 39.0 Å². The summed E-state index contributed by atoms with van der Waals surface area (Å²) >= 11 is 0.